The first kappa shape index (κ1) is 15.8. The molecule has 4 heteroatoms. The van der Waals surface area contributed by atoms with Crippen LogP contribution in [0, 0.1) is 28.6 Å². The van der Waals surface area contributed by atoms with Gasteiger partial charge in [0.05, 0.1) is 11.5 Å². The molecule has 0 bridgehead atoms. The van der Waals surface area contributed by atoms with Crippen LogP contribution in [0.5, 0.6) is 0 Å². The summed E-state index contributed by atoms with van der Waals surface area (Å²) in [5.74, 6) is -0.455. The van der Waals surface area contributed by atoms with Crippen LogP contribution in [0.3, 0.4) is 0 Å². The van der Waals surface area contributed by atoms with Crippen LogP contribution in [0.1, 0.15) is 58.3 Å². The minimum atomic E-state index is -1.75. The van der Waals surface area contributed by atoms with E-state index in [1.165, 1.54) is 0 Å². The van der Waals surface area contributed by atoms with Crippen LogP contribution in [0.15, 0.2) is 11.6 Å². The Hall–Kier alpha value is -0.710. The Kier molecular flexibility index (Phi) is 3.37. The van der Waals surface area contributed by atoms with Crippen molar-refractivity contribution in [2.75, 3.05) is 0 Å². The molecule has 0 saturated heterocycles. The van der Waals surface area contributed by atoms with Gasteiger partial charge >= 0.3 is 0 Å². The maximum atomic E-state index is 12.2. The molecule has 0 aromatic rings. The maximum Gasteiger partial charge on any atom is 0.182 e. The number of aliphatic hydroxyl groups excluding tert-OH is 1. The Morgan fingerprint density at radius 3 is 2.61 bits per heavy atom. The van der Waals surface area contributed by atoms with Crippen LogP contribution >= 0.6 is 0 Å². The fourth-order valence-electron chi connectivity index (χ4n) is 6.61. The van der Waals surface area contributed by atoms with E-state index in [0.29, 0.717) is 24.2 Å². The number of allylic oxidation sites excluding steroid dienone is 1. The van der Waals surface area contributed by atoms with Crippen molar-refractivity contribution >= 4 is 6.29 Å². The molecule has 0 aromatic heterocycles. The van der Waals surface area contributed by atoms with Crippen molar-refractivity contribution in [1.29, 1.82) is 0 Å². The second-order valence-corrected chi connectivity index (χ2v) is 8.76. The summed E-state index contributed by atoms with van der Waals surface area (Å²) in [5, 5.41) is 30.4. The van der Waals surface area contributed by atoms with Gasteiger partial charge in [-0.25, -0.2) is 0 Å². The van der Waals surface area contributed by atoms with E-state index in [2.05, 4.69) is 6.92 Å². The summed E-state index contributed by atoms with van der Waals surface area (Å²) in [6, 6.07) is 0. The molecule has 3 saturated carbocycles. The topological polar surface area (TPSA) is 77.8 Å². The molecule has 23 heavy (non-hydrogen) atoms. The minimum absolute atomic E-state index is 0.0127. The summed E-state index contributed by atoms with van der Waals surface area (Å²) < 4.78 is 0. The maximum absolute atomic E-state index is 12.2. The molecule has 3 fully saturated rings. The summed E-state index contributed by atoms with van der Waals surface area (Å²) in [7, 11) is 0. The molecule has 6 atom stereocenters. The Labute approximate surface area is 137 Å². The molecule has 4 nitrogen and oxygen atoms in total. The van der Waals surface area contributed by atoms with Gasteiger partial charge in [-0.15, -0.1) is 0 Å². The Morgan fingerprint density at radius 1 is 1.09 bits per heavy atom. The summed E-state index contributed by atoms with van der Waals surface area (Å²) in [6.45, 7) is 2.23. The van der Waals surface area contributed by atoms with Crippen LogP contribution in [0.4, 0.5) is 0 Å². The Bertz CT molecular complexity index is 554. The van der Waals surface area contributed by atoms with Crippen molar-refractivity contribution in [3.05, 3.63) is 11.6 Å². The highest BCUT2D eigenvalue weighted by Crippen LogP contribution is 2.65. The number of carbonyl (C=O) groups excluding carboxylic acids is 1. The van der Waals surface area contributed by atoms with Gasteiger partial charge < -0.3 is 20.1 Å². The molecule has 0 amide bonds. The molecule has 0 unspecified atom stereocenters. The molecule has 3 N–H and O–H groups in total. The smallest absolute Gasteiger partial charge is 0.182 e. The van der Waals surface area contributed by atoms with E-state index >= 15 is 0 Å². The first-order valence-corrected chi connectivity index (χ1v) is 9.14. The van der Waals surface area contributed by atoms with E-state index in [1.807, 2.05) is 0 Å². The van der Waals surface area contributed by atoms with Crippen LogP contribution in [-0.2, 0) is 4.79 Å². The van der Waals surface area contributed by atoms with E-state index in [9.17, 15) is 20.1 Å². The molecule has 0 heterocycles. The zero-order valence-corrected chi connectivity index (χ0v) is 13.9. The Balaban J connectivity index is 1.72. The van der Waals surface area contributed by atoms with Crippen molar-refractivity contribution in [1.82, 2.24) is 0 Å². The van der Waals surface area contributed by atoms with Crippen molar-refractivity contribution in [3.63, 3.8) is 0 Å². The highest BCUT2D eigenvalue weighted by Gasteiger charge is 2.60. The first-order valence-electron chi connectivity index (χ1n) is 9.14. The van der Waals surface area contributed by atoms with E-state index < -0.39 is 11.2 Å². The average molecular weight is 320 g/mol. The van der Waals surface area contributed by atoms with Gasteiger partial charge in [0, 0.05) is 6.42 Å². The van der Waals surface area contributed by atoms with Crippen LogP contribution in [0.25, 0.3) is 0 Å². The number of aliphatic hydroxyl groups is 3. The molecule has 0 spiro atoms. The lowest BCUT2D eigenvalue weighted by Gasteiger charge is -2.57. The van der Waals surface area contributed by atoms with Gasteiger partial charge in [-0.05, 0) is 74.2 Å². The summed E-state index contributed by atoms with van der Waals surface area (Å²) >= 11 is 0. The number of aldehydes is 1. The van der Waals surface area contributed by atoms with Crippen molar-refractivity contribution < 1.29 is 20.1 Å². The van der Waals surface area contributed by atoms with Gasteiger partial charge in [0.1, 0.15) is 6.29 Å². The first-order chi connectivity index (χ1) is 10.8. The molecule has 0 aliphatic heterocycles. The molecule has 128 valence electrons. The van der Waals surface area contributed by atoms with E-state index in [0.717, 1.165) is 50.4 Å². The van der Waals surface area contributed by atoms with Gasteiger partial charge in [0.15, 0.2) is 5.79 Å². The third-order valence-corrected chi connectivity index (χ3v) is 7.92. The highest BCUT2D eigenvalue weighted by atomic mass is 16.5. The monoisotopic (exact) mass is 320 g/mol. The minimum Gasteiger partial charge on any atom is -0.393 e. The van der Waals surface area contributed by atoms with Crippen molar-refractivity contribution in [2.24, 2.45) is 28.6 Å². The second-order valence-electron chi connectivity index (χ2n) is 8.76. The fourth-order valence-corrected chi connectivity index (χ4v) is 6.61. The third kappa shape index (κ3) is 2.04. The molecular weight excluding hydrogens is 292 g/mol. The van der Waals surface area contributed by atoms with Gasteiger partial charge in [0.2, 0.25) is 0 Å². The number of carbonyl (C=O) groups is 1. The molecule has 4 aliphatic carbocycles. The molecule has 0 radical (unpaired) electrons. The Morgan fingerprint density at radius 2 is 1.87 bits per heavy atom. The molecular formula is C19H28O4. The van der Waals surface area contributed by atoms with Gasteiger partial charge in [-0.2, -0.15) is 0 Å². The van der Waals surface area contributed by atoms with Crippen molar-refractivity contribution in [2.45, 2.75) is 70.2 Å². The summed E-state index contributed by atoms with van der Waals surface area (Å²) in [5.41, 5.74) is 0.470. The van der Waals surface area contributed by atoms with E-state index in [4.69, 9.17) is 0 Å². The SMILES string of the molecule is C[C@]12CC[C@H]3[C@@H](CCC4=CC(O)(O)CC[C@@]43C=O)[C@@H]1CC[C@@H]2O. The van der Waals surface area contributed by atoms with Crippen LogP contribution in [0.2, 0.25) is 0 Å². The summed E-state index contributed by atoms with van der Waals surface area (Å²) in [4.78, 5) is 12.2. The lowest BCUT2D eigenvalue weighted by Crippen LogP contribution is -2.54. The number of fused-ring (bicyclic) bond motifs is 5. The number of rotatable bonds is 1. The van der Waals surface area contributed by atoms with Crippen molar-refractivity contribution in [3.8, 4) is 0 Å². The second kappa shape index (κ2) is 4.90. The van der Waals surface area contributed by atoms with E-state index in [-0.39, 0.29) is 17.9 Å². The number of hydrogen-bond donors (Lipinski definition) is 3. The average Bonchev–Trinajstić information content (AvgIpc) is 2.82. The predicted octanol–water partition coefficient (Wildman–Crippen LogP) is 2.17. The lowest BCUT2D eigenvalue weighted by molar-refractivity contribution is -0.153. The van der Waals surface area contributed by atoms with Crippen LogP contribution in [-0.4, -0.2) is 33.5 Å². The summed E-state index contributed by atoms with van der Waals surface area (Å²) in [6.07, 6.45) is 8.94. The highest BCUT2D eigenvalue weighted by molar-refractivity contribution is 5.67. The zero-order chi connectivity index (χ0) is 16.5. The standard InChI is InChI=1S/C19H28O4/c1-17-7-6-15-13(14(17)4-5-16(17)21)3-2-12-10-19(22,23)9-8-18(12,15)11-20/h10-11,13-16,21-23H,2-9H2,1H3/t13-,14-,15-,16-,17-,18+/m0/s1. The zero-order valence-electron chi connectivity index (χ0n) is 13.9. The quantitative estimate of drug-likeness (QED) is 0.393. The number of hydrogen-bond acceptors (Lipinski definition) is 4. The van der Waals surface area contributed by atoms with Gasteiger partial charge in [0.25, 0.3) is 0 Å². The predicted molar refractivity (Wildman–Crippen MR) is 85.3 cm³/mol. The van der Waals surface area contributed by atoms with Crippen LogP contribution < -0.4 is 0 Å². The normalized spacial score (nSPS) is 51.2. The molecule has 4 rings (SSSR count). The largest absolute Gasteiger partial charge is 0.393 e. The van der Waals surface area contributed by atoms with Gasteiger partial charge in [-0.3, -0.25) is 0 Å². The molecule has 0 aromatic carbocycles. The van der Waals surface area contributed by atoms with Gasteiger partial charge in [-0.1, -0.05) is 12.5 Å². The third-order valence-electron chi connectivity index (χ3n) is 7.92. The van der Waals surface area contributed by atoms with E-state index in [1.54, 1.807) is 6.08 Å². The lowest BCUT2D eigenvalue weighted by atomic mass is 9.47. The fraction of sp³-hybridized carbons (Fsp3) is 0.842. The molecule has 4 aliphatic rings.